The van der Waals surface area contributed by atoms with Gasteiger partial charge in [0.05, 0.1) is 11.5 Å². The molecular formula is C16H18O4. The van der Waals surface area contributed by atoms with Gasteiger partial charge in [-0.3, -0.25) is 14.4 Å². The van der Waals surface area contributed by atoms with Crippen LogP contribution in [0, 0.1) is 16.7 Å². The van der Waals surface area contributed by atoms with Gasteiger partial charge in [-0.2, -0.15) is 0 Å². The highest BCUT2D eigenvalue weighted by molar-refractivity contribution is 6.06. The van der Waals surface area contributed by atoms with Gasteiger partial charge in [-0.15, -0.1) is 0 Å². The second-order valence-corrected chi connectivity index (χ2v) is 7.49. The third-order valence-electron chi connectivity index (χ3n) is 7.16. The molecule has 0 aromatic heterocycles. The van der Waals surface area contributed by atoms with Crippen molar-refractivity contribution in [2.75, 3.05) is 0 Å². The number of Topliss-reactive ketones (excluding diaryl/α,β-unsaturated/α-hetero) is 3. The second-order valence-electron chi connectivity index (χ2n) is 7.49. The Labute approximate surface area is 117 Å². The van der Waals surface area contributed by atoms with Gasteiger partial charge in [-0.05, 0) is 32.1 Å². The Morgan fingerprint density at radius 1 is 1.05 bits per heavy atom. The van der Waals surface area contributed by atoms with Gasteiger partial charge in [0.25, 0.3) is 0 Å². The van der Waals surface area contributed by atoms with Crippen LogP contribution in [0.2, 0.25) is 0 Å². The lowest BCUT2D eigenvalue weighted by atomic mass is 9.45. The van der Waals surface area contributed by atoms with E-state index in [1.807, 2.05) is 0 Å². The van der Waals surface area contributed by atoms with Gasteiger partial charge in [0.15, 0.2) is 5.78 Å². The SMILES string of the molecule is O=C1C[C@@]23CC[C@@H]1C[C@@]21O[C@H]2CCCC(=O)C23CC1=O. The van der Waals surface area contributed by atoms with Gasteiger partial charge in [0, 0.05) is 30.6 Å². The first-order valence-electron chi connectivity index (χ1n) is 7.83. The third kappa shape index (κ3) is 0.859. The van der Waals surface area contributed by atoms with Crippen molar-refractivity contribution in [1.29, 1.82) is 0 Å². The van der Waals surface area contributed by atoms with E-state index in [0.29, 0.717) is 25.7 Å². The molecule has 1 aliphatic heterocycles. The van der Waals surface area contributed by atoms with Crippen molar-refractivity contribution < 1.29 is 19.1 Å². The first-order chi connectivity index (χ1) is 9.56. The molecule has 4 bridgehead atoms. The zero-order chi connectivity index (χ0) is 13.8. The normalized spacial score (nSPS) is 56.1. The Morgan fingerprint density at radius 2 is 1.90 bits per heavy atom. The molecule has 2 spiro atoms. The van der Waals surface area contributed by atoms with Crippen molar-refractivity contribution in [3.8, 4) is 0 Å². The van der Waals surface area contributed by atoms with E-state index in [1.165, 1.54) is 0 Å². The summed E-state index contributed by atoms with van der Waals surface area (Å²) >= 11 is 0. The number of hydrogen-bond acceptors (Lipinski definition) is 4. The first-order valence-corrected chi connectivity index (χ1v) is 7.83. The van der Waals surface area contributed by atoms with E-state index in [0.717, 1.165) is 25.7 Å². The van der Waals surface area contributed by atoms with Crippen LogP contribution in [0.3, 0.4) is 0 Å². The molecule has 6 rings (SSSR count). The van der Waals surface area contributed by atoms with Crippen molar-refractivity contribution in [1.82, 2.24) is 0 Å². The van der Waals surface area contributed by atoms with E-state index in [2.05, 4.69) is 0 Å². The maximum Gasteiger partial charge on any atom is 0.166 e. The Bertz CT molecular complexity index is 581. The Morgan fingerprint density at radius 3 is 2.70 bits per heavy atom. The number of rotatable bonds is 0. The molecule has 5 saturated carbocycles. The first kappa shape index (κ1) is 11.6. The summed E-state index contributed by atoms with van der Waals surface area (Å²) in [6.45, 7) is 0. The summed E-state index contributed by atoms with van der Waals surface area (Å²) < 4.78 is 6.28. The van der Waals surface area contributed by atoms with Crippen LogP contribution in [0.4, 0.5) is 0 Å². The highest BCUT2D eigenvalue weighted by atomic mass is 16.5. The lowest BCUT2D eigenvalue weighted by Crippen LogP contribution is -2.61. The van der Waals surface area contributed by atoms with Crippen LogP contribution < -0.4 is 0 Å². The second kappa shape index (κ2) is 3.08. The monoisotopic (exact) mass is 274 g/mol. The summed E-state index contributed by atoms with van der Waals surface area (Å²) in [5, 5.41) is 0. The number of hydrogen-bond donors (Lipinski definition) is 0. The van der Waals surface area contributed by atoms with E-state index < -0.39 is 16.4 Å². The molecule has 0 aromatic rings. The molecule has 6 aliphatic rings. The van der Waals surface area contributed by atoms with Crippen molar-refractivity contribution >= 4 is 17.3 Å². The van der Waals surface area contributed by atoms with Crippen LogP contribution >= 0.6 is 0 Å². The standard InChI is InChI=1S/C16H18O4/c17-10-7-14-5-4-9(10)6-16(14)12(19)8-15(14)11(18)2-1-3-13(15)20-16/h9,13H,1-8H2/t9-,13+,14-,15?,16+/m1/s1. The summed E-state index contributed by atoms with van der Waals surface area (Å²) in [5.41, 5.74) is -1.91. The van der Waals surface area contributed by atoms with Crippen LogP contribution in [-0.4, -0.2) is 29.1 Å². The fourth-order valence-electron chi connectivity index (χ4n) is 6.42. The fourth-order valence-corrected chi connectivity index (χ4v) is 6.42. The van der Waals surface area contributed by atoms with E-state index in [9.17, 15) is 14.4 Å². The van der Waals surface area contributed by atoms with Gasteiger partial charge < -0.3 is 4.74 Å². The molecule has 0 aromatic carbocycles. The largest absolute Gasteiger partial charge is 0.362 e. The van der Waals surface area contributed by atoms with Gasteiger partial charge in [0.1, 0.15) is 17.2 Å². The van der Waals surface area contributed by atoms with E-state index in [-0.39, 0.29) is 29.4 Å². The number of fused-ring (bicyclic) bond motifs is 2. The number of ketones is 3. The van der Waals surface area contributed by atoms with Gasteiger partial charge in [-0.1, -0.05) is 0 Å². The summed E-state index contributed by atoms with van der Waals surface area (Å²) in [6, 6.07) is 0. The molecule has 1 unspecified atom stereocenters. The highest BCUT2D eigenvalue weighted by Gasteiger charge is 2.85. The summed E-state index contributed by atoms with van der Waals surface area (Å²) in [4.78, 5) is 37.8. The van der Waals surface area contributed by atoms with Crippen LogP contribution in [0.5, 0.6) is 0 Å². The molecule has 0 radical (unpaired) electrons. The van der Waals surface area contributed by atoms with Crippen molar-refractivity contribution in [2.24, 2.45) is 16.7 Å². The lowest BCUT2D eigenvalue weighted by Gasteiger charge is -2.54. The minimum Gasteiger partial charge on any atom is -0.362 e. The average molecular weight is 274 g/mol. The average Bonchev–Trinajstić information content (AvgIpc) is 2.79. The quantitative estimate of drug-likeness (QED) is 0.673. The van der Waals surface area contributed by atoms with Gasteiger partial charge in [-0.25, -0.2) is 0 Å². The number of carbonyl (C=O) groups is 3. The number of ether oxygens (including phenoxy) is 1. The van der Waals surface area contributed by atoms with E-state index in [4.69, 9.17) is 4.74 Å². The Kier molecular flexibility index (Phi) is 1.79. The zero-order valence-corrected chi connectivity index (χ0v) is 11.4. The smallest absolute Gasteiger partial charge is 0.166 e. The Balaban J connectivity index is 1.80. The molecule has 4 heteroatoms. The van der Waals surface area contributed by atoms with Crippen LogP contribution in [0.25, 0.3) is 0 Å². The third-order valence-corrected chi connectivity index (χ3v) is 7.16. The van der Waals surface area contributed by atoms with Crippen LogP contribution in [-0.2, 0) is 19.1 Å². The summed E-state index contributed by atoms with van der Waals surface area (Å²) in [7, 11) is 0. The molecule has 0 N–H and O–H groups in total. The van der Waals surface area contributed by atoms with Crippen LogP contribution in [0.1, 0.15) is 51.4 Å². The zero-order valence-electron chi connectivity index (χ0n) is 11.4. The maximum absolute atomic E-state index is 12.8. The van der Waals surface area contributed by atoms with Crippen molar-refractivity contribution in [3.05, 3.63) is 0 Å². The molecule has 1 saturated heterocycles. The molecule has 20 heavy (non-hydrogen) atoms. The van der Waals surface area contributed by atoms with Crippen molar-refractivity contribution in [2.45, 2.75) is 63.1 Å². The van der Waals surface area contributed by atoms with Crippen molar-refractivity contribution in [3.63, 3.8) is 0 Å². The number of carbonyl (C=O) groups excluding carboxylic acids is 3. The van der Waals surface area contributed by atoms with Gasteiger partial charge in [0.2, 0.25) is 0 Å². The minimum atomic E-state index is -0.783. The molecule has 6 fully saturated rings. The highest BCUT2D eigenvalue weighted by Crippen LogP contribution is 2.77. The molecule has 106 valence electrons. The summed E-state index contributed by atoms with van der Waals surface area (Å²) in [5.74, 6) is 0.575. The predicted octanol–water partition coefficient (Wildman–Crippen LogP) is 1.60. The molecule has 4 nitrogen and oxygen atoms in total. The molecule has 5 aliphatic carbocycles. The molecular weight excluding hydrogens is 256 g/mol. The maximum atomic E-state index is 12.8. The molecule has 1 heterocycles. The topological polar surface area (TPSA) is 60.4 Å². The van der Waals surface area contributed by atoms with Crippen LogP contribution in [0.15, 0.2) is 0 Å². The van der Waals surface area contributed by atoms with Gasteiger partial charge >= 0.3 is 0 Å². The fraction of sp³-hybridized carbons (Fsp3) is 0.812. The minimum absolute atomic E-state index is 0.00812. The predicted molar refractivity (Wildman–Crippen MR) is 67.9 cm³/mol. The van der Waals surface area contributed by atoms with E-state index >= 15 is 0 Å². The molecule has 0 amide bonds. The Hall–Kier alpha value is -1.03. The lowest BCUT2D eigenvalue weighted by molar-refractivity contribution is -0.175. The summed E-state index contributed by atoms with van der Waals surface area (Å²) in [6.07, 6.45) is 5.17. The molecule has 5 atom stereocenters. The van der Waals surface area contributed by atoms with E-state index in [1.54, 1.807) is 0 Å².